The molecule has 32 heavy (non-hydrogen) atoms. The largest absolute Gasteiger partial charge is 0.489 e. The maximum absolute atomic E-state index is 12.3. The number of hydrogen-bond donors (Lipinski definition) is 1. The number of fused-ring (bicyclic) bond motifs is 1. The number of likely N-dealkylation sites (tertiary alicyclic amines) is 1. The van der Waals surface area contributed by atoms with Gasteiger partial charge in [-0.15, -0.1) is 0 Å². The Bertz CT molecular complexity index is 1110. The van der Waals surface area contributed by atoms with Crippen molar-refractivity contribution in [1.29, 1.82) is 0 Å². The van der Waals surface area contributed by atoms with E-state index in [0.29, 0.717) is 31.7 Å². The first kappa shape index (κ1) is 21.7. The fourth-order valence-electron chi connectivity index (χ4n) is 3.99. The molecule has 0 spiro atoms. The van der Waals surface area contributed by atoms with Crippen LogP contribution in [0.1, 0.15) is 26.7 Å². The molecule has 0 bridgehead atoms. The molecule has 3 heterocycles. The minimum absolute atomic E-state index is 0.00498. The highest BCUT2D eigenvalue weighted by atomic mass is 16.5. The number of hydrogen-bond acceptors (Lipinski definition) is 4. The molecule has 0 atom stereocenters. The molecule has 2 aromatic heterocycles. The van der Waals surface area contributed by atoms with Crippen LogP contribution in [0.4, 0.5) is 10.5 Å². The minimum atomic E-state index is -0.876. The highest BCUT2D eigenvalue weighted by Gasteiger charge is 2.23. The average molecular weight is 437 g/mol. The molecule has 2 amide bonds. The molecule has 8 nitrogen and oxygen atoms in total. The number of carboxylic acid groups (broad SMARTS) is 1. The number of ether oxygens (including phenoxy) is 1. The van der Waals surface area contributed by atoms with Crippen molar-refractivity contribution in [2.24, 2.45) is 5.92 Å². The Morgan fingerprint density at radius 3 is 2.53 bits per heavy atom. The lowest BCUT2D eigenvalue weighted by Crippen LogP contribution is -2.41. The zero-order valence-electron chi connectivity index (χ0n) is 18.6. The Kier molecular flexibility index (Phi) is 6.03. The molecule has 168 valence electrons. The quantitative estimate of drug-likeness (QED) is 0.649. The van der Waals surface area contributed by atoms with Crippen LogP contribution in [0.15, 0.2) is 48.8 Å². The van der Waals surface area contributed by atoms with Crippen LogP contribution in [0.5, 0.6) is 5.75 Å². The summed E-state index contributed by atoms with van der Waals surface area (Å²) in [5.41, 5.74) is 1.86. The lowest BCUT2D eigenvalue weighted by Gasteiger charge is -2.30. The van der Waals surface area contributed by atoms with Gasteiger partial charge in [0.1, 0.15) is 17.7 Å². The van der Waals surface area contributed by atoms with E-state index in [0.717, 1.165) is 22.4 Å². The summed E-state index contributed by atoms with van der Waals surface area (Å²) in [5, 5.41) is 10.1. The van der Waals surface area contributed by atoms with Gasteiger partial charge in [-0.3, -0.25) is 4.79 Å². The second kappa shape index (κ2) is 8.90. The number of aromatic nitrogens is 2. The lowest BCUT2D eigenvalue weighted by molar-refractivity contribution is -0.121. The SMILES string of the molecule is CC(C)C(=O)N(C)c1ccc2c(ccn2-c2ccc(OC3CCN(C(=O)O)CC3)cn2)c1. The number of pyridine rings is 1. The molecule has 0 radical (unpaired) electrons. The number of nitrogens with zero attached hydrogens (tertiary/aromatic N) is 4. The van der Waals surface area contributed by atoms with Gasteiger partial charge in [0.25, 0.3) is 0 Å². The molecule has 1 aromatic carbocycles. The normalized spacial score (nSPS) is 14.7. The monoisotopic (exact) mass is 436 g/mol. The van der Waals surface area contributed by atoms with Gasteiger partial charge in [-0.1, -0.05) is 13.8 Å². The molecule has 8 heteroatoms. The Labute approximate surface area is 187 Å². The van der Waals surface area contributed by atoms with E-state index < -0.39 is 6.09 Å². The van der Waals surface area contributed by atoms with Crippen molar-refractivity contribution in [1.82, 2.24) is 14.5 Å². The van der Waals surface area contributed by atoms with Crippen LogP contribution in [-0.2, 0) is 4.79 Å². The average Bonchev–Trinajstić information content (AvgIpc) is 3.22. The van der Waals surface area contributed by atoms with E-state index in [4.69, 9.17) is 9.84 Å². The summed E-state index contributed by atoms with van der Waals surface area (Å²) >= 11 is 0. The topological polar surface area (TPSA) is 87.9 Å². The molecule has 3 aromatic rings. The van der Waals surface area contributed by atoms with E-state index >= 15 is 0 Å². The van der Waals surface area contributed by atoms with Crippen molar-refractivity contribution < 1.29 is 19.4 Å². The van der Waals surface area contributed by atoms with Gasteiger partial charge in [0.15, 0.2) is 0 Å². The summed E-state index contributed by atoms with van der Waals surface area (Å²) in [4.78, 5) is 31.0. The molecule has 0 aliphatic carbocycles. The first-order valence-corrected chi connectivity index (χ1v) is 10.8. The first-order valence-electron chi connectivity index (χ1n) is 10.8. The standard InChI is InChI=1S/C24H28N4O4/c1-16(2)23(29)26(3)18-4-6-21-17(14-18)8-13-28(21)22-7-5-20(15-25-22)32-19-9-11-27(12-10-19)24(30)31/h4-8,13-16,19H,9-12H2,1-3H3,(H,30,31). The molecule has 0 unspecified atom stereocenters. The number of anilines is 1. The maximum atomic E-state index is 12.3. The number of carbonyl (C=O) groups is 2. The summed E-state index contributed by atoms with van der Waals surface area (Å²) in [6.45, 7) is 4.76. The van der Waals surface area contributed by atoms with Gasteiger partial charge in [-0.25, -0.2) is 9.78 Å². The van der Waals surface area contributed by atoms with Gasteiger partial charge in [0, 0.05) is 56.2 Å². The lowest BCUT2D eigenvalue weighted by atomic mass is 10.1. The number of piperidine rings is 1. The third kappa shape index (κ3) is 4.39. The van der Waals surface area contributed by atoms with Gasteiger partial charge in [0.05, 0.1) is 11.7 Å². The molecule has 1 saturated heterocycles. The number of benzene rings is 1. The molecule has 4 rings (SSSR count). The Hall–Kier alpha value is -3.55. The second-order valence-corrected chi connectivity index (χ2v) is 8.42. The van der Waals surface area contributed by atoms with E-state index in [9.17, 15) is 9.59 Å². The molecule has 1 fully saturated rings. The van der Waals surface area contributed by atoms with E-state index in [1.165, 1.54) is 4.90 Å². The third-order valence-corrected chi connectivity index (χ3v) is 5.87. The summed E-state index contributed by atoms with van der Waals surface area (Å²) in [6, 6.07) is 11.8. The number of rotatable bonds is 5. The van der Waals surface area contributed by atoms with Gasteiger partial charge in [-0.2, -0.15) is 0 Å². The van der Waals surface area contributed by atoms with Gasteiger partial charge >= 0.3 is 6.09 Å². The van der Waals surface area contributed by atoms with Crippen molar-refractivity contribution >= 4 is 28.6 Å². The molecule has 1 N–H and O–H groups in total. The van der Waals surface area contributed by atoms with Crippen LogP contribution in [0.25, 0.3) is 16.7 Å². The highest BCUT2D eigenvalue weighted by Crippen LogP contribution is 2.26. The Balaban J connectivity index is 1.46. The van der Waals surface area contributed by atoms with Crippen molar-refractivity contribution in [2.45, 2.75) is 32.8 Å². The van der Waals surface area contributed by atoms with Crippen molar-refractivity contribution in [3.8, 4) is 11.6 Å². The molecule has 1 aliphatic rings. The summed E-state index contributed by atoms with van der Waals surface area (Å²) in [5.74, 6) is 1.46. The maximum Gasteiger partial charge on any atom is 0.407 e. The molecule has 1 aliphatic heterocycles. The summed E-state index contributed by atoms with van der Waals surface area (Å²) in [7, 11) is 1.80. The van der Waals surface area contributed by atoms with Crippen LogP contribution in [0.3, 0.4) is 0 Å². The van der Waals surface area contributed by atoms with Gasteiger partial charge in [0.2, 0.25) is 5.91 Å². The first-order chi connectivity index (χ1) is 15.3. The van der Waals surface area contributed by atoms with Crippen molar-refractivity contribution in [2.75, 3.05) is 25.0 Å². The predicted molar refractivity (Wildman–Crippen MR) is 123 cm³/mol. The van der Waals surface area contributed by atoms with Gasteiger partial charge in [-0.05, 0) is 36.4 Å². The smallest absolute Gasteiger partial charge is 0.407 e. The van der Waals surface area contributed by atoms with Crippen LogP contribution in [0, 0.1) is 5.92 Å². The Morgan fingerprint density at radius 1 is 1.16 bits per heavy atom. The molecular formula is C24H28N4O4. The zero-order valence-corrected chi connectivity index (χ0v) is 18.6. The number of amides is 2. The highest BCUT2D eigenvalue weighted by molar-refractivity contribution is 5.96. The predicted octanol–water partition coefficient (Wildman–Crippen LogP) is 4.17. The van der Waals surface area contributed by atoms with Crippen LogP contribution in [-0.4, -0.2) is 57.8 Å². The fourth-order valence-corrected chi connectivity index (χ4v) is 3.99. The van der Waals surface area contributed by atoms with E-state index in [1.54, 1.807) is 18.1 Å². The summed E-state index contributed by atoms with van der Waals surface area (Å²) < 4.78 is 8.00. The van der Waals surface area contributed by atoms with Crippen LogP contribution < -0.4 is 9.64 Å². The third-order valence-electron chi connectivity index (χ3n) is 5.87. The fraction of sp³-hybridized carbons (Fsp3) is 0.375. The Morgan fingerprint density at radius 2 is 1.91 bits per heavy atom. The zero-order chi connectivity index (χ0) is 22.8. The van der Waals surface area contributed by atoms with Crippen LogP contribution in [0.2, 0.25) is 0 Å². The second-order valence-electron chi connectivity index (χ2n) is 8.42. The number of carbonyl (C=O) groups excluding carboxylic acids is 1. The van der Waals surface area contributed by atoms with E-state index in [2.05, 4.69) is 4.98 Å². The van der Waals surface area contributed by atoms with Crippen LogP contribution >= 0.6 is 0 Å². The van der Waals surface area contributed by atoms with Crippen molar-refractivity contribution in [3.63, 3.8) is 0 Å². The van der Waals surface area contributed by atoms with E-state index in [1.807, 2.05) is 61.0 Å². The van der Waals surface area contributed by atoms with E-state index in [-0.39, 0.29) is 17.9 Å². The molecule has 0 saturated carbocycles. The minimum Gasteiger partial charge on any atom is -0.489 e. The van der Waals surface area contributed by atoms with Gasteiger partial charge < -0.3 is 24.2 Å². The molecular weight excluding hydrogens is 408 g/mol. The summed E-state index contributed by atoms with van der Waals surface area (Å²) in [6.07, 6.45) is 4.13. The van der Waals surface area contributed by atoms with Crippen molar-refractivity contribution in [3.05, 3.63) is 48.8 Å².